The van der Waals surface area contributed by atoms with Crippen molar-refractivity contribution in [3.05, 3.63) is 129 Å². The van der Waals surface area contributed by atoms with Crippen molar-refractivity contribution in [3.63, 3.8) is 0 Å². The Morgan fingerprint density at radius 1 is 1.15 bits per heavy atom. The van der Waals surface area contributed by atoms with Gasteiger partial charge in [0.05, 0.1) is 21.2 Å². The average molecular weight is 602 g/mol. The molecule has 1 aliphatic carbocycles. The molecule has 8 nitrogen and oxygen atoms in total. The van der Waals surface area contributed by atoms with Gasteiger partial charge in [0.2, 0.25) is 0 Å². The molecule has 1 aliphatic heterocycles. The molecule has 0 radical (unpaired) electrons. The number of aryl methyl sites for hydroxylation is 1. The van der Waals surface area contributed by atoms with Gasteiger partial charge in [0.15, 0.2) is 4.80 Å². The quantitative estimate of drug-likeness (QED) is 0.143. The zero-order chi connectivity index (χ0) is 27.3. The van der Waals surface area contributed by atoms with E-state index < -0.39 is 16.9 Å². The first-order valence-corrected chi connectivity index (χ1v) is 13.8. The number of nitrogens with zero attached hydrogens (tertiary/aromatic N) is 3. The summed E-state index contributed by atoms with van der Waals surface area (Å²) in [6.45, 7) is 1.32. The van der Waals surface area contributed by atoms with Gasteiger partial charge in [0.1, 0.15) is 5.75 Å². The molecule has 0 unspecified atom stereocenters. The Kier molecular flexibility index (Phi) is 6.36. The summed E-state index contributed by atoms with van der Waals surface area (Å²) in [7, 11) is 0. The normalized spacial score (nSPS) is 16.2. The Morgan fingerprint density at radius 2 is 1.97 bits per heavy atom. The molecule has 0 spiro atoms. The Bertz CT molecular complexity index is 1910. The second-order valence-corrected chi connectivity index (χ2v) is 11.2. The van der Waals surface area contributed by atoms with E-state index in [-0.39, 0.29) is 11.2 Å². The standard InChI is InChI=1S/C29H20BrN3O5S/c1-16(34)38-24-12-10-20(30)13-19(24)15-25-28(35)32-27(18-6-4-7-21(14-18)33(36)37)23-11-9-17-5-2-3-8-22(17)26(23)31-29(32)39-25/h2-8,10,12-15,27H,9,11H2,1H3/b25-15+/t27-/m0/s1. The first kappa shape index (κ1) is 25.1. The molecular formula is C29H20BrN3O5S. The molecule has 194 valence electrons. The van der Waals surface area contributed by atoms with Crippen LogP contribution in [0, 0.1) is 10.1 Å². The maximum atomic E-state index is 14.0. The van der Waals surface area contributed by atoms with E-state index in [9.17, 15) is 19.7 Å². The van der Waals surface area contributed by atoms with Crippen LogP contribution >= 0.6 is 27.3 Å². The van der Waals surface area contributed by atoms with Crippen molar-refractivity contribution < 1.29 is 14.5 Å². The number of rotatable bonds is 4. The van der Waals surface area contributed by atoms with Crippen LogP contribution < -0.4 is 19.6 Å². The molecule has 39 heavy (non-hydrogen) atoms. The molecule has 0 amide bonds. The number of thiazole rings is 1. The predicted octanol–water partition coefficient (Wildman–Crippen LogP) is 4.91. The highest BCUT2D eigenvalue weighted by Crippen LogP contribution is 2.41. The summed E-state index contributed by atoms with van der Waals surface area (Å²) in [6, 6.07) is 19.2. The third-order valence-electron chi connectivity index (χ3n) is 6.78. The predicted molar refractivity (Wildman–Crippen MR) is 151 cm³/mol. The number of carbonyl (C=O) groups is 1. The van der Waals surface area contributed by atoms with Gasteiger partial charge in [-0.3, -0.25) is 24.3 Å². The lowest BCUT2D eigenvalue weighted by atomic mass is 9.83. The van der Waals surface area contributed by atoms with E-state index in [1.54, 1.807) is 34.9 Å². The molecule has 1 atom stereocenters. The number of hydrogen-bond acceptors (Lipinski definition) is 7. The summed E-state index contributed by atoms with van der Waals surface area (Å²) in [5, 5.41) is 11.6. The number of carbonyl (C=O) groups excluding carboxylic acids is 1. The number of esters is 1. The number of halogens is 1. The number of non-ortho nitro benzene ring substituents is 1. The van der Waals surface area contributed by atoms with Crippen molar-refractivity contribution in [2.75, 3.05) is 0 Å². The molecule has 4 aromatic rings. The first-order chi connectivity index (χ1) is 18.8. The van der Waals surface area contributed by atoms with Crippen LogP contribution in [0.15, 0.2) is 86.6 Å². The Morgan fingerprint density at radius 3 is 2.77 bits per heavy atom. The van der Waals surface area contributed by atoms with E-state index in [0.717, 1.165) is 27.7 Å². The highest BCUT2D eigenvalue weighted by molar-refractivity contribution is 9.10. The van der Waals surface area contributed by atoms with Crippen molar-refractivity contribution >= 4 is 50.7 Å². The van der Waals surface area contributed by atoms with E-state index in [2.05, 4.69) is 22.0 Å². The Labute approximate surface area is 234 Å². The minimum absolute atomic E-state index is 0.0369. The van der Waals surface area contributed by atoms with Gasteiger partial charge in [-0.1, -0.05) is 63.7 Å². The second-order valence-electron chi connectivity index (χ2n) is 9.24. The number of allylic oxidation sites excluding steroid dienone is 1. The second kappa shape index (κ2) is 9.87. The monoisotopic (exact) mass is 601 g/mol. The maximum absolute atomic E-state index is 14.0. The summed E-state index contributed by atoms with van der Waals surface area (Å²) in [5.41, 5.74) is 4.86. The van der Waals surface area contributed by atoms with Gasteiger partial charge in [-0.15, -0.1) is 0 Å². The molecule has 3 aromatic carbocycles. The van der Waals surface area contributed by atoms with Gasteiger partial charge >= 0.3 is 5.97 Å². The zero-order valence-electron chi connectivity index (χ0n) is 20.6. The number of hydrogen-bond donors (Lipinski definition) is 0. The van der Waals surface area contributed by atoms with Crippen LogP contribution in [0.2, 0.25) is 0 Å². The largest absolute Gasteiger partial charge is 0.426 e. The fourth-order valence-corrected chi connectivity index (χ4v) is 6.52. The van der Waals surface area contributed by atoms with Crippen molar-refractivity contribution in [3.8, 4) is 5.75 Å². The topological polar surface area (TPSA) is 104 Å². The molecular weight excluding hydrogens is 582 g/mol. The van der Waals surface area contributed by atoms with Gasteiger partial charge < -0.3 is 4.74 Å². The van der Waals surface area contributed by atoms with E-state index in [1.807, 2.05) is 24.3 Å². The number of nitro benzene ring substituents is 1. The summed E-state index contributed by atoms with van der Waals surface area (Å²) in [5.74, 6) is -0.134. The van der Waals surface area contributed by atoms with Crippen molar-refractivity contribution in [1.82, 2.24) is 4.57 Å². The number of aromatic nitrogens is 1. The number of fused-ring (bicyclic) bond motifs is 3. The van der Waals surface area contributed by atoms with Crippen molar-refractivity contribution in [2.45, 2.75) is 25.8 Å². The lowest BCUT2D eigenvalue weighted by Gasteiger charge is -2.30. The lowest BCUT2D eigenvalue weighted by Crippen LogP contribution is -2.38. The third kappa shape index (κ3) is 4.55. The smallest absolute Gasteiger partial charge is 0.308 e. The van der Waals surface area contributed by atoms with Gasteiger partial charge in [0.25, 0.3) is 11.2 Å². The van der Waals surface area contributed by atoms with Gasteiger partial charge in [-0.25, -0.2) is 4.99 Å². The van der Waals surface area contributed by atoms with Crippen molar-refractivity contribution in [2.24, 2.45) is 4.99 Å². The molecule has 0 N–H and O–H groups in total. The van der Waals surface area contributed by atoms with Crippen LogP contribution in [-0.2, 0) is 11.2 Å². The number of benzene rings is 3. The molecule has 0 saturated heterocycles. The molecule has 2 heterocycles. The van der Waals surface area contributed by atoms with E-state index in [4.69, 9.17) is 9.73 Å². The molecule has 2 aliphatic rings. The number of nitro groups is 1. The summed E-state index contributed by atoms with van der Waals surface area (Å²) < 4.78 is 8.17. The maximum Gasteiger partial charge on any atom is 0.308 e. The fraction of sp³-hybridized carbons (Fsp3) is 0.138. The van der Waals surface area contributed by atoms with Gasteiger partial charge in [-0.2, -0.15) is 0 Å². The van der Waals surface area contributed by atoms with E-state index in [0.29, 0.717) is 32.6 Å². The van der Waals surface area contributed by atoms with Crippen LogP contribution in [-0.4, -0.2) is 15.5 Å². The van der Waals surface area contributed by atoms with Gasteiger partial charge in [0, 0.05) is 34.7 Å². The summed E-state index contributed by atoms with van der Waals surface area (Å²) >= 11 is 4.68. The Balaban J connectivity index is 1.62. The minimum Gasteiger partial charge on any atom is -0.426 e. The molecule has 1 aromatic heterocycles. The highest BCUT2D eigenvalue weighted by Gasteiger charge is 2.33. The van der Waals surface area contributed by atoms with Crippen LogP contribution in [0.3, 0.4) is 0 Å². The fourth-order valence-electron chi connectivity index (χ4n) is 5.15. The molecule has 0 fully saturated rings. The zero-order valence-corrected chi connectivity index (χ0v) is 23.0. The summed E-state index contributed by atoms with van der Waals surface area (Å²) in [4.78, 5) is 42.3. The first-order valence-electron chi connectivity index (χ1n) is 12.2. The molecule has 6 rings (SSSR count). The van der Waals surface area contributed by atoms with E-state index >= 15 is 0 Å². The number of ether oxygens (including phenoxy) is 1. The third-order valence-corrected chi connectivity index (χ3v) is 8.26. The van der Waals surface area contributed by atoms with Crippen LogP contribution in [0.4, 0.5) is 5.69 Å². The van der Waals surface area contributed by atoms with Crippen LogP contribution in [0.1, 0.15) is 41.6 Å². The molecule has 10 heteroatoms. The molecule has 0 bridgehead atoms. The SMILES string of the molecule is CC(=O)Oc1ccc(Br)cc1/C=c1/sc2n(c1=O)[C@@H](c1cccc([N+](=O)[O-])c1)C1=C(N=2)c2ccccc2CC1. The van der Waals surface area contributed by atoms with Crippen molar-refractivity contribution in [1.29, 1.82) is 0 Å². The average Bonchev–Trinajstić information content (AvgIpc) is 3.23. The van der Waals surface area contributed by atoms with Crippen LogP contribution in [0.25, 0.3) is 11.8 Å². The van der Waals surface area contributed by atoms with Crippen LogP contribution in [0.5, 0.6) is 5.75 Å². The molecule has 0 saturated carbocycles. The lowest BCUT2D eigenvalue weighted by molar-refractivity contribution is -0.384. The summed E-state index contributed by atoms with van der Waals surface area (Å²) in [6.07, 6.45) is 3.15. The van der Waals surface area contributed by atoms with Gasteiger partial charge in [-0.05, 0) is 53.8 Å². The Hall–Kier alpha value is -4.15. The highest BCUT2D eigenvalue weighted by atomic mass is 79.9. The van der Waals surface area contributed by atoms with E-state index in [1.165, 1.54) is 36.0 Å². The minimum atomic E-state index is -0.540.